The highest BCUT2D eigenvalue weighted by Crippen LogP contribution is 2.23. The highest BCUT2D eigenvalue weighted by atomic mass is 35.5. The van der Waals surface area contributed by atoms with Crippen molar-refractivity contribution >= 4 is 29.0 Å². The van der Waals surface area contributed by atoms with Crippen LogP contribution in [0.3, 0.4) is 0 Å². The number of halogens is 2. The van der Waals surface area contributed by atoms with Gasteiger partial charge in [-0.1, -0.05) is 41.4 Å². The van der Waals surface area contributed by atoms with Crippen LogP contribution in [0.25, 0.3) is 0 Å². The smallest absolute Gasteiger partial charge is 0.167 e. The molecule has 2 rings (SSSR count). The highest BCUT2D eigenvalue weighted by molar-refractivity contribution is 6.35. The summed E-state index contributed by atoms with van der Waals surface area (Å²) < 4.78 is 5.39. The Labute approximate surface area is 128 Å². The molecule has 2 aromatic rings. The molecule has 0 aliphatic rings. The van der Waals surface area contributed by atoms with Gasteiger partial charge in [-0.05, 0) is 36.8 Å². The van der Waals surface area contributed by atoms with E-state index >= 15 is 0 Å². The van der Waals surface area contributed by atoms with E-state index in [0.717, 1.165) is 5.56 Å². The van der Waals surface area contributed by atoms with Gasteiger partial charge in [0.2, 0.25) is 0 Å². The van der Waals surface area contributed by atoms with Crippen molar-refractivity contribution in [2.24, 2.45) is 0 Å². The Morgan fingerprint density at radius 2 is 1.95 bits per heavy atom. The van der Waals surface area contributed by atoms with Crippen molar-refractivity contribution in [1.29, 1.82) is 0 Å². The van der Waals surface area contributed by atoms with E-state index in [1.165, 1.54) is 0 Å². The first-order chi connectivity index (χ1) is 9.60. The van der Waals surface area contributed by atoms with Gasteiger partial charge in [-0.15, -0.1) is 0 Å². The quantitative estimate of drug-likeness (QED) is 0.740. The zero-order valence-electron chi connectivity index (χ0n) is 11.0. The molecule has 4 heteroatoms. The Balaban J connectivity index is 2.17. The van der Waals surface area contributed by atoms with Crippen molar-refractivity contribution in [3.63, 3.8) is 0 Å². The molecular formula is C16H14Cl2O2. The van der Waals surface area contributed by atoms with Crippen LogP contribution in [0.4, 0.5) is 0 Å². The minimum Gasteiger partial charge on any atom is -0.494 e. The Hall–Kier alpha value is -1.51. The zero-order chi connectivity index (χ0) is 14.5. The molecule has 0 N–H and O–H groups in total. The van der Waals surface area contributed by atoms with E-state index in [1.54, 1.807) is 30.3 Å². The summed E-state index contributed by atoms with van der Waals surface area (Å²) >= 11 is 11.9. The van der Waals surface area contributed by atoms with E-state index in [2.05, 4.69) is 0 Å². The van der Waals surface area contributed by atoms with Crippen molar-refractivity contribution in [3.05, 3.63) is 63.6 Å². The second-order valence-corrected chi connectivity index (χ2v) is 5.14. The van der Waals surface area contributed by atoms with Gasteiger partial charge >= 0.3 is 0 Å². The first-order valence-electron chi connectivity index (χ1n) is 6.30. The fourth-order valence-corrected chi connectivity index (χ4v) is 2.34. The predicted molar refractivity (Wildman–Crippen MR) is 82.1 cm³/mol. The average molecular weight is 309 g/mol. The minimum atomic E-state index is -0.00391. The molecular weight excluding hydrogens is 295 g/mol. The number of carbonyl (C=O) groups excluding carboxylic acids is 1. The van der Waals surface area contributed by atoms with Crippen molar-refractivity contribution in [2.45, 2.75) is 13.3 Å². The van der Waals surface area contributed by atoms with Crippen molar-refractivity contribution in [2.75, 3.05) is 6.61 Å². The zero-order valence-corrected chi connectivity index (χ0v) is 12.5. The third-order valence-corrected chi connectivity index (χ3v) is 3.42. The molecule has 0 radical (unpaired) electrons. The number of ether oxygens (including phenoxy) is 1. The second kappa shape index (κ2) is 6.78. The summed E-state index contributed by atoms with van der Waals surface area (Å²) in [5, 5.41) is 1.07. The maximum atomic E-state index is 12.3. The lowest BCUT2D eigenvalue weighted by molar-refractivity contribution is 0.0992. The van der Waals surface area contributed by atoms with Gasteiger partial charge in [-0.25, -0.2) is 0 Å². The van der Waals surface area contributed by atoms with Crippen LogP contribution in [0.5, 0.6) is 5.75 Å². The monoisotopic (exact) mass is 308 g/mol. The topological polar surface area (TPSA) is 26.3 Å². The molecule has 0 aliphatic carbocycles. The number of benzene rings is 2. The van der Waals surface area contributed by atoms with E-state index in [4.69, 9.17) is 27.9 Å². The molecule has 0 heterocycles. The number of ketones is 1. The average Bonchev–Trinajstić information content (AvgIpc) is 2.42. The van der Waals surface area contributed by atoms with Crippen LogP contribution >= 0.6 is 23.2 Å². The van der Waals surface area contributed by atoms with Crippen LogP contribution in [0, 0.1) is 0 Å². The molecule has 0 amide bonds. The van der Waals surface area contributed by atoms with Gasteiger partial charge in [-0.3, -0.25) is 4.79 Å². The van der Waals surface area contributed by atoms with Gasteiger partial charge in [-0.2, -0.15) is 0 Å². The van der Waals surface area contributed by atoms with Gasteiger partial charge in [0, 0.05) is 22.0 Å². The molecule has 0 aliphatic heterocycles. The van der Waals surface area contributed by atoms with Crippen LogP contribution in [0.15, 0.2) is 42.5 Å². The number of hydrogen-bond acceptors (Lipinski definition) is 2. The third kappa shape index (κ3) is 3.75. The summed E-state index contributed by atoms with van der Waals surface area (Å²) in [6, 6.07) is 12.3. The molecule has 0 atom stereocenters. The molecule has 0 saturated carbocycles. The molecule has 0 spiro atoms. The van der Waals surface area contributed by atoms with E-state index in [9.17, 15) is 4.79 Å². The molecule has 0 bridgehead atoms. The minimum absolute atomic E-state index is 0.00391. The lowest BCUT2D eigenvalue weighted by Crippen LogP contribution is -2.04. The first-order valence-corrected chi connectivity index (χ1v) is 7.05. The molecule has 0 aromatic heterocycles. The van der Waals surface area contributed by atoms with Crippen LogP contribution in [0.2, 0.25) is 10.0 Å². The largest absolute Gasteiger partial charge is 0.494 e. The highest BCUT2D eigenvalue weighted by Gasteiger charge is 2.11. The Morgan fingerprint density at radius 1 is 1.15 bits per heavy atom. The normalized spacial score (nSPS) is 10.3. The molecule has 2 aromatic carbocycles. The van der Waals surface area contributed by atoms with Crippen LogP contribution in [0.1, 0.15) is 22.8 Å². The van der Waals surface area contributed by atoms with E-state index in [1.807, 2.05) is 19.1 Å². The molecule has 0 fully saturated rings. The van der Waals surface area contributed by atoms with Crippen LogP contribution < -0.4 is 4.74 Å². The number of Topliss-reactive ketones (excluding diaryl/α,β-unsaturated/α-hetero) is 1. The van der Waals surface area contributed by atoms with Crippen molar-refractivity contribution < 1.29 is 9.53 Å². The van der Waals surface area contributed by atoms with E-state index in [-0.39, 0.29) is 12.2 Å². The van der Waals surface area contributed by atoms with Crippen molar-refractivity contribution in [1.82, 2.24) is 0 Å². The van der Waals surface area contributed by atoms with Crippen molar-refractivity contribution in [3.8, 4) is 5.75 Å². The van der Waals surface area contributed by atoms with E-state index in [0.29, 0.717) is 28.0 Å². The molecule has 2 nitrogen and oxygen atoms in total. The van der Waals surface area contributed by atoms with Crippen LogP contribution in [-0.4, -0.2) is 12.4 Å². The second-order valence-electron chi connectivity index (χ2n) is 4.30. The van der Waals surface area contributed by atoms with Gasteiger partial charge in [0.05, 0.1) is 6.61 Å². The molecule has 20 heavy (non-hydrogen) atoms. The number of carbonyl (C=O) groups is 1. The standard InChI is InChI=1S/C16H14Cl2O2/c1-2-20-14-5-3-4-12(8-14)16(19)9-11-6-7-13(17)10-15(11)18/h3-8,10H,2,9H2,1H3. The lowest BCUT2D eigenvalue weighted by Gasteiger charge is -2.07. The fourth-order valence-electron chi connectivity index (χ4n) is 1.87. The van der Waals surface area contributed by atoms with Gasteiger partial charge < -0.3 is 4.74 Å². The predicted octanol–water partition coefficient (Wildman–Crippen LogP) is 4.82. The van der Waals surface area contributed by atoms with E-state index < -0.39 is 0 Å². The fraction of sp³-hybridized carbons (Fsp3) is 0.188. The lowest BCUT2D eigenvalue weighted by atomic mass is 10.0. The Morgan fingerprint density at radius 3 is 2.65 bits per heavy atom. The maximum absolute atomic E-state index is 12.3. The molecule has 0 unspecified atom stereocenters. The molecule has 0 saturated heterocycles. The maximum Gasteiger partial charge on any atom is 0.167 e. The summed E-state index contributed by atoms with van der Waals surface area (Å²) in [5.74, 6) is 0.691. The number of hydrogen-bond donors (Lipinski definition) is 0. The Bertz CT molecular complexity index is 624. The SMILES string of the molecule is CCOc1cccc(C(=O)Cc2ccc(Cl)cc2Cl)c1. The number of rotatable bonds is 5. The third-order valence-electron chi connectivity index (χ3n) is 2.83. The summed E-state index contributed by atoms with van der Waals surface area (Å²) in [4.78, 5) is 12.3. The summed E-state index contributed by atoms with van der Waals surface area (Å²) in [5.41, 5.74) is 1.38. The first kappa shape index (κ1) is 14.9. The van der Waals surface area contributed by atoms with Gasteiger partial charge in [0.1, 0.15) is 5.75 Å². The summed E-state index contributed by atoms with van der Waals surface area (Å²) in [6.45, 7) is 2.47. The van der Waals surface area contributed by atoms with Gasteiger partial charge in [0.25, 0.3) is 0 Å². The molecule has 104 valence electrons. The summed E-state index contributed by atoms with van der Waals surface area (Å²) in [7, 11) is 0. The Kier molecular flexibility index (Phi) is 5.05. The summed E-state index contributed by atoms with van der Waals surface area (Å²) in [6.07, 6.45) is 0.242. The van der Waals surface area contributed by atoms with Crippen LogP contribution in [-0.2, 0) is 6.42 Å². The van der Waals surface area contributed by atoms with Gasteiger partial charge in [0.15, 0.2) is 5.78 Å².